The molecule has 110 valence electrons. The number of amides is 2. The van der Waals surface area contributed by atoms with E-state index >= 15 is 0 Å². The molecule has 0 atom stereocenters. The molecule has 0 bridgehead atoms. The number of carbonyl (C=O) groups excluding carboxylic acids is 1. The lowest BCUT2D eigenvalue weighted by molar-refractivity contribution is 0.171. The molecule has 0 saturated carbocycles. The highest BCUT2D eigenvalue weighted by molar-refractivity contribution is 5.89. The molecule has 2 heterocycles. The number of urea groups is 1. The molecule has 1 aromatic heterocycles. The number of nitrogens with one attached hydrogen (secondary N) is 3. The highest BCUT2D eigenvalue weighted by Crippen LogP contribution is 2.32. The summed E-state index contributed by atoms with van der Waals surface area (Å²) in [5.74, 6) is 2.06. The number of rotatable bonds is 4. The Bertz CT molecular complexity index is 614. The van der Waals surface area contributed by atoms with Crippen molar-refractivity contribution in [2.45, 2.75) is 6.42 Å². The van der Waals surface area contributed by atoms with Crippen LogP contribution in [0, 0.1) is 0 Å². The van der Waals surface area contributed by atoms with Crippen LogP contribution in [-0.4, -0.2) is 41.0 Å². The maximum absolute atomic E-state index is 11.8. The van der Waals surface area contributed by atoms with Gasteiger partial charge in [-0.2, -0.15) is 5.10 Å². The fourth-order valence-electron chi connectivity index (χ4n) is 1.94. The Morgan fingerprint density at radius 2 is 2.14 bits per heavy atom. The molecule has 1 aliphatic rings. The minimum absolute atomic E-state index is 0.286. The van der Waals surface area contributed by atoms with Gasteiger partial charge in [-0.15, -0.1) is 0 Å². The van der Waals surface area contributed by atoms with Gasteiger partial charge < -0.3 is 20.1 Å². The van der Waals surface area contributed by atoms with E-state index in [9.17, 15) is 4.79 Å². The second-order valence-corrected chi connectivity index (χ2v) is 4.42. The third-order valence-corrected chi connectivity index (χ3v) is 2.91. The van der Waals surface area contributed by atoms with Gasteiger partial charge in [0.2, 0.25) is 0 Å². The summed E-state index contributed by atoms with van der Waals surface area (Å²) in [6, 6.07) is 5.00. The predicted octanol–water partition coefficient (Wildman–Crippen LogP) is 0.940. The zero-order valence-electron chi connectivity index (χ0n) is 11.3. The van der Waals surface area contributed by atoms with Crippen LogP contribution < -0.4 is 20.1 Å². The molecular formula is C13H15N5O3. The standard InChI is InChI=1S/C13H15N5O3/c19-13(14-4-3-12-15-8-16-18-12)17-9-1-2-10-11(7-9)21-6-5-20-10/h1-2,7-8H,3-6H2,(H2,14,17,19)(H,15,16,18). The number of hydrogen-bond acceptors (Lipinski definition) is 5. The van der Waals surface area contributed by atoms with Crippen molar-refractivity contribution in [3.05, 3.63) is 30.4 Å². The topological polar surface area (TPSA) is 101 Å². The van der Waals surface area contributed by atoms with Gasteiger partial charge >= 0.3 is 6.03 Å². The van der Waals surface area contributed by atoms with Crippen LogP contribution in [0.2, 0.25) is 0 Å². The van der Waals surface area contributed by atoms with E-state index < -0.39 is 0 Å². The fourth-order valence-corrected chi connectivity index (χ4v) is 1.94. The first kappa shape index (κ1) is 13.2. The number of H-pyrrole nitrogens is 1. The number of benzene rings is 1. The SMILES string of the molecule is O=C(NCCc1ncn[nH]1)Nc1ccc2c(c1)OCCO2. The summed E-state index contributed by atoms with van der Waals surface area (Å²) in [5.41, 5.74) is 0.649. The summed E-state index contributed by atoms with van der Waals surface area (Å²) < 4.78 is 10.9. The van der Waals surface area contributed by atoms with E-state index in [1.165, 1.54) is 6.33 Å². The van der Waals surface area contributed by atoms with Crippen LogP contribution in [0.15, 0.2) is 24.5 Å². The second-order valence-electron chi connectivity index (χ2n) is 4.42. The highest BCUT2D eigenvalue weighted by Gasteiger charge is 2.12. The van der Waals surface area contributed by atoms with Crippen LogP contribution in [0.25, 0.3) is 0 Å². The Hall–Kier alpha value is -2.77. The number of fused-ring (bicyclic) bond motifs is 1. The van der Waals surface area contributed by atoms with E-state index in [4.69, 9.17) is 9.47 Å². The van der Waals surface area contributed by atoms with Gasteiger partial charge in [0.05, 0.1) is 0 Å². The minimum atomic E-state index is -0.286. The van der Waals surface area contributed by atoms with Crippen LogP contribution in [0.3, 0.4) is 0 Å². The summed E-state index contributed by atoms with van der Waals surface area (Å²) in [6.07, 6.45) is 2.03. The first-order chi connectivity index (χ1) is 10.3. The van der Waals surface area contributed by atoms with Crippen LogP contribution in [0.1, 0.15) is 5.82 Å². The Balaban J connectivity index is 1.50. The normalized spacial score (nSPS) is 12.8. The van der Waals surface area contributed by atoms with Crippen molar-refractivity contribution in [3.8, 4) is 11.5 Å². The van der Waals surface area contributed by atoms with Crippen molar-refractivity contribution in [2.75, 3.05) is 25.1 Å². The molecule has 0 saturated heterocycles. The first-order valence-corrected chi connectivity index (χ1v) is 6.60. The lowest BCUT2D eigenvalue weighted by Crippen LogP contribution is -2.30. The third kappa shape index (κ3) is 3.41. The zero-order chi connectivity index (χ0) is 14.5. The molecule has 2 aromatic rings. The summed E-state index contributed by atoms with van der Waals surface area (Å²) in [4.78, 5) is 15.7. The molecule has 8 nitrogen and oxygen atoms in total. The largest absolute Gasteiger partial charge is 0.486 e. The van der Waals surface area contributed by atoms with Gasteiger partial charge in [0.15, 0.2) is 11.5 Å². The van der Waals surface area contributed by atoms with E-state index in [1.807, 2.05) is 0 Å². The van der Waals surface area contributed by atoms with Crippen molar-refractivity contribution in [3.63, 3.8) is 0 Å². The van der Waals surface area contributed by atoms with E-state index in [2.05, 4.69) is 25.8 Å². The van der Waals surface area contributed by atoms with Gasteiger partial charge in [0.25, 0.3) is 0 Å². The zero-order valence-corrected chi connectivity index (χ0v) is 11.3. The van der Waals surface area contributed by atoms with Crippen molar-refractivity contribution < 1.29 is 14.3 Å². The molecule has 0 aliphatic carbocycles. The summed E-state index contributed by atoms with van der Waals surface area (Å²) in [7, 11) is 0. The van der Waals surface area contributed by atoms with Crippen LogP contribution >= 0.6 is 0 Å². The summed E-state index contributed by atoms with van der Waals surface area (Å²) in [6.45, 7) is 1.52. The molecule has 0 unspecified atom stereocenters. The molecular weight excluding hydrogens is 274 g/mol. The van der Waals surface area contributed by atoms with Crippen molar-refractivity contribution >= 4 is 11.7 Å². The Morgan fingerprint density at radius 3 is 2.95 bits per heavy atom. The lowest BCUT2D eigenvalue weighted by Gasteiger charge is -2.19. The monoisotopic (exact) mass is 289 g/mol. The number of carbonyl (C=O) groups is 1. The minimum Gasteiger partial charge on any atom is -0.486 e. The Kier molecular flexibility index (Phi) is 3.85. The number of aromatic nitrogens is 3. The van der Waals surface area contributed by atoms with Gasteiger partial charge in [0.1, 0.15) is 25.4 Å². The smallest absolute Gasteiger partial charge is 0.319 e. The summed E-state index contributed by atoms with van der Waals surface area (Å²) in [5, 5.41) is 11.9. The molecule has 2 amide bonds. The predicted molar refractivity (Wildman–Crippen MR) is 74.5 cm³/mol. The third-order valence-electron chi connectivity index (χ3n) is 2.91. The van der Waals surface area contributed by atoms with Gasteiger partial charge in [-0.3, -0.25) is 5.10 Å². The molecule has 8 heteroatoms. The first-order valence-electron chi connectivity index (χ1n) is 6.60. The maximum atomic E-state index is 11.8. The van der Waals surface area contributed by atoms with Gasteiger partial charge in [-0.1, -0.05) is 0 Å². The van der Waals surface area contributed by atoms with E-state index in [-0.39, 0.29) is 6.03 Å². The quantitative estimate of drug-likeness (QED) is 0.777. The second kappa shape index (κ2) is 6.12. The lowest BCUT2D eigenvalue weighted by atomic mass is 10.2. The molecule has 0 spiro atoms. The molecule has 1 aliphatic heterocycles. The van der Waals surface area contributed by atoms with Crippen molar-refractivity contribution in [1.82, 2.24) is 20.5 Å². The van der Waals surface area contributed by atoms with Crippen LogP contribution in [-0.2, 0) is 6.42 Å². The molecule has 3 N–H and O–H groups in total. The van der Waals surface area contributed by atoms with Gasteiger partial charge in [0, 0.05) is 24.7 Å². The van der Waals surface area contributed by atoms with E-state index in [0.29, 0.717) is 43.4 Å². The summed E-state index contributed by atoms with van der Waals surface area (Å²) >= 11 is 0. The van der Waals surface area contributed by atoms with Crippen LogP contribution in [0.5, 0.6) is 11.5 Å². The van der Waals surface area contributed by atoms with Crippen molar-refractivity contribution in [1.29, 1.82) is 0 Å². The fraction of sp³-hybridized carbons (Fsp3) is 0.308. The van der Waals surface area contributed by atoms with Gasteiger partial charge in [-0.05, 0) is 12.1 Å². The number of nitrogens with zero attached hydrogens (tertiary/aromatic N) is 2. The molecule has 0 radical (unpaired) electrons. The number of anilines is 1. The number of ether oxygens (including phenoxy) is 2. The van der Waals surface area contributed by atoms with Crippen molar-refractivity contribution in [2.24, 2.45) is 0 Å². The highest BCUT2D eigenvalue weighted by atomic mass is 16.6. The van der Waals surface area contributed by atoms with Crippen LogP contribution in [0.4, 0.5) is 10.5 Å². The average molecular weight is 289 g/mol. The van der Waals surface area contributed by atoms with Gasteiger partial charge in [-0.25, -0.2) is 9.78 Å². The van der Waals surface area contributed by atoms with E-state index in [0.717, 1.165) is 5.82 Å². The average Bonchev–Trinajstić information content (AvgIpc) is 3.00. The molecule has 1 aromatic carbocycles. The maximum Gasteiger partial charge on any atom is 0.319 e. The Labute approximate surface area is 120 Å². The molecule has 21 heavy (non-hydrogen) atoms. The van der Waals surface area contributed by atoms with E-state index in [1.54, 1.807) is 18.2 Å². The number of aromatic amines is 1. The Morgan fingerprint density at radius 1 is 1.29 bits per heavy atom. The number of hydrogen-bond donors (Lipinski definition) is 3. The molecule has 3 rings (SSSR count). The molecule has 0 fully saturated rings.